The predicted molar refractivity (Wildman–Crippen MR) is 109 cm³/mol. The third-order valence-electron chi connectivity index (χ3n) is 5.10. The summed E-state index contributed by atoms with van der Waals surface area (Å²) in [4.78, 5) is 40.5. The number of nitrogens with zero attached hydrogens (tertiary/aromatic N) is 2. The number of amides is 1. The molecule has 0 bridgehead atoms. The van der Waals surface area contributed by atoms with E-state index in [9.17, 15) is 19.5 Å². The summed E-state index contributed by atoms with van der Waals surface area (Å²) in [5, 5.41) is 10.5. The van der Waals surface area contributed by atoms with Crippen molar-refractivity contribution in [3.8, 4) is 5.75 Å². The number of Topliss-reactive ketones (excluding diaryl/α,β-unsaturated/α-hetero) is 1. The van der Waals surface area contributed by atoms with Gasteiger partial charge >= 0.3 is 5.97 Å². The van der Waals surface area contributed by atoms with Crippen LogP contribution in [0, 0.1) is 5.92 Å². The van der Waals surface area contributed by atoms with Gasteiger partial charge in [-0.05, 0) is 30.8 Å². The Bertz CT molecular complexity index is 794. The van der Waals surface area contributed by atoms with Crippen molar-refractivity contribution < 1.29 is 24.2 Å². The third-order valence-corrected chi connectivity index (χ3v) is 5.10. The average Bonchev–Trinajstić information content (AvgIpc) is 2.93. The van der Waals surface area contributed by atoms with Crippen molar-refractivity contribution in [1.82, 2.24) is 9.80 Å². The molecule has 1 heterocycles. The number of hydrogen-bond donors (Lipinski definition) is 1. The molecule has 158 valence electrons. The summed E-state index contributed by atoms with van der Waals surface area (Å²) in [7, 11) is 0. The second-order valence-electron chi connectivity index (χ2n) is 7.37. The second kappa shape index (κ2) is 9.69. The number of benzene rings is 1. The van der Waals surface area contributed by atoms with Gasteiger partial charge in [-0.3, -0.25) is 14.4 Å². The lowest BCUT2D eigenvalue weighted by Gasteiger charge is -2.29. The fourth-order valence-corrected chi connectivity index (χ4v) is 3.47. The Morgan fingerprint density at radius 2 is 1.76 bits per heavy atom. The monoisotopic (exact) mass is 402 g/mol. The topological polar surface area (TPSA) is 87.2 Å². The SMILES string of the molecule is CCN(CC)CCN1C(=O)C(O)=C(C(=O)C(C)C)C1c1ccc(OC(C)=O)cc1. The quantitative estimate of drug-likeness (QED) is 0.505. The number of rotatable bonds is 9. The van der Waals surface area contributed by atoms with Crippen LogP contribution in [0.5, 0.6) is 5.75 Å². The molecule has 0 aliphatic carbocycles. The summed E-state index contributed by atoms with van der Waals surface area (Å²) in [6, 6.07) is 6.01. The highest BCUT2D eigenvalue weighted by Crippen LogP contribution is 2.39. The molecule has 1 aliphatic rings. The highest BCUT2D eigenvalue weighted by molar-refractivity contribution is 6.09. The maximum Gasteiger partial charge on any atom is 0.308 e. The first-order valence-corrected chi connectivity index (χ1v) is 10.00. The van der Waals surface area contributed by atoms with Crippen molar-refractivity contribution in [2.45, 2.75) is 40.7 Å². The molecular weight excluding hydrogens is 372 g/mol. The molecule has 0 saturated heterocycles. The van der Waals surface area contributed by atoms with Gasteiger partial charge in [-0.1, -0.05) is 39.8 Å². The molecule has 0 spiro atoms. The summed E-state index contributed by atoms with van der Waals surface area (Å²) >= 11 is 0. The molecule has 1 amide bonds. The van der Waals surface area contributed by atoms with Crippen LogP contribution in [-0.2, 0) is 14.4 Å². The molecule has 1 N–H and O–H groups in total. The molecule has 29 heavy (non-hydrogen) atoms. The van der Waals surface area contributed by atoms with Crippen LogP contribution in [0.25, 0.3) is 0 Å². The Morgan fingerprint density at radius 1 is 1.17 bits per heavy atom. The number of carbonyl (C=O) groups is 3. The first-order chi connectivity index (χ1) is 13.7. The molecule has 1 aromatic rings. The first-order valence-electron chi connectivity index (χ1n) is 10.00. The fraction of sp³-hybridized carbons (Fsp3) is 0.500. The molecule has 7 heteroatoms. The Hall–Kier alpha value is -2.67. The molecule has 0 fully saturated rings. The fourth-order valence-electron chi connectivity index (χ4n) is 3.47. The first kappa shape index (κ1) is 22.6. The van der Waals surface area contributed by atoms with Crippen molar-refractivity contribution in [2.75, 3.05) is 26.2 Å². The maximum atomic E-state index is 12.8. The van der Waals surface area contributed by atoms with E-state index in [1.54, 1.807) is 43.0 Å². The van der Waals surface area contributed by atoms with E-state index in [0.717, 1.165) is 13.1 Å². The van der Waals surface area contributed by atoms with Crippen LogP contribution in [0.4, 0.5) is 0 Å². The van der Waals surface area contributed by atoms with Gasteiger partial charge in [0.15, 0.2) is 11.5 Å². The van der Waals surface area contributed by atoms with Gasteiger partial charge in [0.2, 0.25) is 0 Å². The predicted octanol–water partition coefficient (Wildman–Crippen LogP) is 2.87. The lowest BCUT2D eigenvalue weighted by Crippen LogP contribution is -2.38. The van der Waals surface area contributed by atoms with Gasteiger partial charge in [0, 0.05) is 25.9 Å². The zero-order valence-electron chi connectivity index (χ0n) is 17.8. The second-order valence-corrected chi connectivity index (χ2v) is 7.37. The average molecular weight is 402 g/mol. The van der Waals surface area contributed by atoms with Gasteiger partial charge in [-0.25, -0.2) is 0 Å². The van der Waals surface area contributed by atoms with Crippen LogP contribution in [0.15, 0.2) is 35.6 Å². The van der Waals surface area contributed by atoms with Gasteiger partial charge in [0.1, 0.15) is 5.75 Å². The number of aliphatic hydroxyl groups excluding tert-OH is 1. The Balaban J connectivity index is 2.41. The number of aliphatic hydroxyl groups is 1. The van der Waals surface area contributed by atoms with Crippen molar-refractivity contribution in [2.24, 2.45) is 5.92 Å². The molecule has 2 rings (SSSR count). The molecule has 1 aromatic carbocycles. The van der Waals surface area contributed by atoms with Crippen LogP contribution in [0.3, 0.4) is 0 Å². The molecule has 0 aromatic heterocycles. The number of likely N-dealkylation sites (N-methyl/N-ethyl adjacent to an activating group) is 1. The molecule has 1 aliphatic heterocycles. The Kier molecular flexibility index (Phi) is 7.56. The number of ether oxygens (including phenoxy) is 1. The van der Waals surface area contributed by atoms with E-state index < -0.39 is 23.7 Å². The van der Waals surface area contributed by atoms with E-state index in [-0.39, 0.29) is 17.3 Å². The molecule has 1 unspecified atom stereocenters. The van der Waals surface area contributed by atoms with E-state index in [2.05, 4.69) is 4.90 Å². The minimum atomic E-state index is -0.667. The standard InChI is InChI=1S/C22H30N2O5/c1-6-23(7-2)12-13-24-19(16-8-10-17(11-9-16)29-15(5)25)18(20(26)14(3)4)21(27)22(24)28/h8-11,14,19,27H,6-7,12-13H2,1-5H3. The van der Waals surface area contributed by atoms with Crippen molar-refractivity contribution in [3.05, 3.63) is 41.2 Å². The molecule has 0 saturated carbocycles. The van der Waals surface area contributed by atoms with Gasteiger partial charge in [0.25, 0.3) is 5.91 Å². The normalized spacial score (nSPS) is 16.9. The van der Waals surface area contributed by atoms with Crippen molar-refractivity contribution in [3.63, 3.8) is 0 Å². The van der Waals surface area contributed by atoms with Crippen molar-refractivity contribution in [1.29, 1.82) is 0 Å². The minimum Gasteiger partial charge on any atom is -0.503 e. The third kappa shape index (κ3) is 5.03. The van der Waals surface area contributed by atoms with Crippen LogP contribution in [0.1, 0.15) is 46.2 Å². The molecule has 7 nitrogen and oxygen atoms in total. The van der Waals surface area contributed by atoms with Crippen LogP contribution in [-0.4, -0.2) is 58.7 Å². The van der Waals surface area contributed by atoms with E-state index in [1.165, 1.54) is 6.92 Å². The van der Waals surface area contributed by atoms with E-state index in [4.69, 9.17) is 4.74 Å². The van der Waals surface area contributed by atoms with Gasteiger partial charge < -0.3 is 19.6 Å². The van der Waals surface area contributed by atoms with Crippen LogP contribution in [0.2, 0.25) is 0 Å². The molecule has 0 radical (unpaired) electrons. The summed E-state index contributed by atoms with van der Waals surface area (Å²) in [6.07, 6.45) is 0. The van der Waals surface area contributed by atoms with E-state index in [0.29, 0.717) is 24.4 Å². The van der Waals surface area contributed by atoms with Gasteiger partial charge in [-0.15, -0.1) is 0 Å². The zero-order valence-corrected chi connectivity index (χ0v) is 17.8. The lowest BCUT2D eigenvalue weighted by atomic mass is 9.91. The highest BCUT2D eigenvalue weighted by atomic mass is 16.5. The molecular formula is C22H30N2O5. The van der Waals surface area contributed by atoms with Crippen LogP contribution < -0.4 is 4.74 Å². The minimum absolute atomic E-state index is 0.129. The maximum absolute atomic E-state index is 12.8. The number of hydrogen-bond acceptors (Lipinski definition) is 6. The van der Waals surface area contributed by atoms with E-state index in [1.807, 2.05) is 13.8 Å². The zero-order chi connectivity index (χ0) is 21.7. The van der Waals surface area contributed by atoms with E-state index >= 15 is 0 Å². The smallest absolute Gasteiger partial charge is 0.308 e. The largest absolute Gasteiger partial charge is 0.503 e. The van der Waals surface area contributed by atoms with Gasteiger partial charge in [0.05, 0.1) is 11.6 Å². The summed E-state index contributed by atoms with van der Waals surface area (Å²) in [5.74, 6) is -1.67. The highest BCUT2D eigenvalue weighted by Gasteiger charge is 2.43. The Labute approximate surface area is 171 Å². The molecule has 1 atom stereocenters. The summed E-state index contributed by atoms with van der Waals surface area (Å²) in [6.45, 7) is 11.6. The summed E-state index contributed by atoms with van der Waals surface area (Å²) in [5.41, 5.74) is 0.812. The Morgan fingerprint density at radius 3 is 2.24 bits per heavy atom. The number of carbonyl (C=O) groups excluding carboxylic acids is 3. The lowest BCUT2D eigenvalue weighted by molar-refractivity contribution is -0.132. The number of esters is 1. The van der Waals surface area contributed by atoms with Crippen molar-refractivity contribution >= 4 is 17.7 Å². The summed E-state index contributed by atoms with van der Waals surface area (Å²) < 4.78 is 5.07. The van der Waals surface area contributed by atoms with Crippen LogP contribution >= 0.6 is 0 Å². The van der Waals surface area contributed by atoms with Gasteiger partial charge in [-0.2, -0.15) is 0 Å². The number of ketones is 1.